The van der Waals surface area contributed by atoms with Gasteiger partial charge in [-0.3, -0.25) is 0 Å². The number of aromatic nitrogens is 4. The lowest BCUT2D eigenvalue weighted by Gasteiger charge is -1.97. The number of benzene rings is 1. The van der Waals surface area contributed by atoms with Gasteiger partial charge in [-0.1, -0.05) is 41.2 Å². The first-order valence-electron chi connectivity index (χ1n) is 6.80. The monoisotopic (exact) mass is 308 g/mol. The first-order chi connectivity index (χ1) is 10.8. The standard InChI is InChI=1S/C16H12N4OS/c1-11-4-6-12(7-5-11)15-17-18-16-20(15)19-14(22-16)9-8-13-3-2-10-21-13/h2-10H,1H3. The van der Waals surface area contributed by atoms with E-state index in [2.05, 4.69) is 34.4 Å². The van der Waals surface area contributed by atoms with Crippen LogP contribution in [0.4, 0.5) is 0 Å². The Bertz CT molecular complexity index is 933. The van der Waals surface area contributed by atoms with Gasteiger partial charge >= 0.3 is 0 Å². The molecule has 22 heavy (non-hydrogen) atoms. The molecule has 0 bridgehead atoms. The van der Waals surface area contributed by atoms with Gasteiger partial charge in [-0.15, -0.1) is 10.2 Å². The van der Waals surface area contributed by atoms with Crippen molar-refractivity contribution in [3.05, 3.63) is 59.0 Å². The van der Waals surface area contributed by atoms with Crippen LogP contribution in [0.2, 0.25) is 0 Å². The summed E-state index contributed by atoms with van der Waals surface area (Å²) in [6, 6.07) is 11.9. The highest BCUT2D eigenvalue weighted by Gasteiger charge is 2.12. The predicted octanol–water partition coefficient (Wildman–Crippen LogP) is 3.92. The van der Waals surface area contributed by atoms with E-state index in [1.54, 1.807) is 10.8 Å². The molecule has 4 aromatic rings. The number of nitrogens with zero attached hydrogens (tertiary/aromatic N) is 4. The van der Waals surface area contributed by atoms with E-state index in [1.807, 2.05) is 36.4 Å². The predicted molar refractivity (Wildman–Crippen MR) is 86.5 cm³/mol. The van der Waals surface area contributed by atoms with Crippen molar-refractivity contribution in [3.63, 3.8) is 0 Å². The summed E-state index contributed by atoms with van der Waals surface area (Å²) in [5, 5.41) is 13.8. The smallest absolute Gasteiger partial charge is 0.235 e. The van der Waals surface area contributed by atoms with Crippen LogP contribution in [-0.2, 0) is 0 Å². The van der Waals surface area contributed by atoms with E-state index in [0.29, 0.717) is 0 Å². The number of fused-ring (bicyclic) bond motifs is 1. The Morgan fingerprint density at radius 2 is 1.95 bits per heavy atom. The summed E-state index contributed by atoms with van der Waals surface area (Å²) in [6.07, 6.45) is 5.45. The Hall–Kier alpha value is -2.73. The van der Waals surface area contributed by atoms with Crippen LogP contribution in [0.25, 0.3) is 28.5 Å². The maximum atomic E-state index is 5.27. The number of hydrogen-bond donors (Lipinski definition) is 0. The molecular formula is C16H12N4OS. The van der Waals surface area contributed by atoms with Gasteiger partial charge < -0.3 is 4.42 Å². The third-order valence-electron chi connectivity index (χ3n) is 3.25. The van der Waals surface area contributed by atoms with Crippen LogP contribution < -0.4 is 0 Å². The fraction of sp³-hybridized carbons (Fsp3) is 0.0625. The van der Waals surface area contributed by atoms with Crippen LogP contribution in [0.15, 0.2) is 47.1 Å². The molecule has 0 amide bonds. The van der Waals surface area contributed by atoms with E-state index in [4.69, 9.17) is 4.42 Å². The molecule has 0 saturated heterocycles. The summed E-state index contributed by atoms with van der Waals surface area (Å²) >= 11 is 1.49. The van der Waals surface area contributed by atoms with Crippen LogP contribution in [0.1, 0.15) is 16.3 Å². The minimum absolute atomic E-state index is 0.754. The first kappa shape index (κ1) is 13.0. The second kappa shape index (κ2) is 5.23. The zero-order valence-corrected chi connectivity index (χ0v) is 12.6. The van der Waals surface area contributed by atoms with Crippen molar-refractivity contribution in [1.29, 1.82) is 0 Å². The summed E-state index contributed by atoms with van der Waals surface area (Å²) in [5.74, 6) is 1.55. The Balaban J connectivity index is 1.71. The highest BCUT2D eigenvalue weighted by atomic mass is 32.1. The van der Waals surface area contributed by atoms with E-state index in [9.17, 15) is 0 Å². The third-order valence-corrected chi connectivity index (χ3v) is 4.11. The molecule has 3 aromatic heterocycles. The largest absolute Gasteiger partial charge is 0.465 e. The number of hydrogen-bond acceptors (Lipinski definition) is 5. The van der Waals surface area contributed by atoms with Crippen molar-refractivity contribution in [2.24, 2.45) is 0 Å². The van der Waals surface area contributed by atoms with Crippen molar-refractivity contribution in [2.45, 2.75) is 6.92 Å². The highest BCUT2D eigenvalue weighted by Crippen LogP contribution is 2.23. The first-order valence-corrected chi connectivity index (χ1v) is 7.62. The van der Waals surface area contributed by atoms with Gasteiger partial charge in [-0.05, 0) is 31.2 Å². The minimum atomic E-state index is 0.754. The number of furan rings is 1. The summed E-state index contributed by atoms with van der Waals surface area (Å²) in [4.78, 5) is 0.773. The molecule has 0 aliphatic heterocycles. The summed E-state index contributed by atoms with van der Waals surface area (Å²) in [5.41, 5.74) is 2.22. The Morgan fingerprint density at radius 3 is 2.73 bits per heavy atom. The van der Waals surface area contributed by atoms with Crippen LogP contribution in [0, 0.1) is 6.92 Å². The fourth-order valence-electron chi connectivity index (χ4n) is 2.12. The van der Waals surface area contributed by atoms with Crippen LogP contribution in [0.5, 0.6) is 0 Å². The average molecular weight is 308 g/mol. The Kier molecular flexibility index (Phi) is 3.08. The number of aryl methyl sites for hydroxylation is 1. The molecule has 0 aliphatic rings. The van der Waals surface area contributed by atoms with Gasteiger partial charge in [0.15, 0.2) is 5.82 Å². The van der Waals surface area contributed by atoms with Crippen molar-refractivity contribution < 1.29 is 4.42 Å². The quantitative estimate of drug-likeness (QED) is 0.575. The molecule has 108 valence electrons. The molecule has 3 heterocycles. The summed E-state index contributed by atoms with van der Waals surface area (Å²) < 4.78 is 7.05. The molecule has 0 saturated carbocycles. The number of rotatable bonds is 3. The Morgan fingerprint density at radius 1 is 1.09 bits per heavy atom. The van der Waals surface area contributed by atoms with Gasteiger partial charge in [0.1, 0.15) is 10.8 Å². The van der Waals surface area contributed by atoms with Gasteiger partial charge in [0.25, 0.3) is 0 Å². The molecule has 5 nitrogen and oxygen atoms in total. The van der Waals surface area contributed by atoms with Crippen LogP contribution in [-0.4, -0.2) is 19.8 Å². The second-order valence-corrected chi connectivity index (χ2v) is 5.86. The van der Waals surface area contributed by atoms with Gasteiger partial charge in [0, 0.05) is 5.56 Å². The van der Waals surface area contributed by atoms with Gasteiger partial charge in [-0.2, -0.15) is 9.61 Å². The van der Waals surface area contributed by atoms with Crippen LogP contribution >= 0.6 is 11.3 Å². The molecule has 0 N–H and O–H groups in total. The molecule has 0 atom stereocenters. The maximum Gasteiger partial charge on any atom is 0.235 e. The summed E-state index contributed by atoms with van der Waals surface area (Å²) in [6.45, 7) is 2.06. The lowest BCUT2D eigenvalue weighted by Crippen LogP contribution is -1.90. The third kappa shape index (κ3) is 2.33. The normalized spacial score (nSPS) is 11.7. The van der Waals surface area contributed by atoms with Crippen molar-refractivity contribution >= 4 is 28.4 Å². The molecule has 0 aliphatic carbocycles. The fourth-order valence-corrected chi connectivity index (χ4v) is 2.86. The lowest BCUT2D eigenvalue weighted by molar-refractivity contribution is 0.557. The maximum absolute atomic E-state index is 5.27. The van der Waals surface area contributed by atoms with Gasteiger partial charge in [0.2, 0.25) is 4.96 Å². The topological polar surface area (TPSA) is 56.2 Å². The molecule has 4 rings (SSSR count). The zero-order valence-electron chi connectivity index (χ0n) is 11.8. The van der Waals surface area contributed by atoms with Crippen molar-refractivity contribution in [3.8, 4) is 11.4 Å². The second-order valence-electron chi connectivity index (χ2n) is 4.87. The van der Waals surface area contributed by atoms with E-state index in [-0.39, 0.29) is 0 Å². The summed E-state index contributed by atoms with van der Waals surface area (Å²) in [7, 11) is 0. The van der Waals surface area contributed by atoms with Crippen molar-refractivity contribution in [2.75, 3.05) is 0 Å². The minimum Gasteiger partial charge on any atom is -0.465 e. The molecule has 0 fully saturated rings. The Labute approximate surface area is 130 Å². The molecule has 0 unspecified atom stereocenters. The molecule has 6 heteroatoms. The van der Waals surface area contributed by atoms with E-state index < -0.39 is 0 Å². The molecule has 0 radical (unpaired) electrons. The highest BCUT2D eigenvalue weighted by molar-refractivity contribution is 7.17. The van der Waals surface area contributed by atoms with Crippen LogP contribution in [0.3, 0.4) is 0 Å². The lowest BCUT2D eigenvalue weighted by atomic mass is 10.1. The van der Waals surface area contributed by atoms with E-state index >= 15 is 0 Å². The van der Waals surface area contributed by atoms with E-state index in [1.165, 1.54) is 16.9 Å². The molecule has 1 aromatic carbocycles. The van der Waals surface area contributed by atoms with Gasteiger partial charge in [0.05, 0.1) is 6.26 Å². The molecule has 0 spiro atoms. The van der Waals surface area contributed by atoms with E-state index in [0.717, 1.165) is 27.1 Å². The van der Waals surface area contributed by atoms with Crippen molar-refractivity contribution in [1.82, 2.24) is 19.8 Å². The molecular weight excluding hydrogens is 296 g/mol. The van der Waals surface area contributed by atoms with Gasteiger partial charge in [-0.25, -0.2) is 0 Å². The zero-order chi connectivity index (χ0) is 14.9. The SMILES string of the molecule is Cc1ccc(-c2nnc3sc(C=Cc4ccco4)nn23)cc1. The average Bonchev–Trinajstić information content (AvgIpc) is 3.23.